The zero-order chi connectivity index (χ0) is 11.0. The Balaban J connectivity index is 2.75. The van der Waals surface area contributed by atoms with Crippen LogP contribution in [0.15, 0.2) is 12.3 Å². The summed E-state index contributed by atoms with van der Waals surface area (Å²) >= 11 is 6.04. The second-order valence-corrected chi connectivity index (χ2v) is 3.62. The molecular weight excluding hydrogens is 214 g/mol. The number of nitrogens with one attached hydrogen (secondary N) is 1. The Kier molecular flexibility index (Phi) is 2.44. The van der Waals surface area contributed by atoms with Crippen LogP contribution in [0, 0.1) is 6.92 Å². The first kappa shape index (κ1) is 10.1. The number of aryl methyl sites for hydroxylation is 1. The fourth-order valence-electron chi connectivity index (χ4n) is 1.62. The molecule has 0 atom stereocenters. The van der Waals surface area contributed by atoms with Crippen LogP contribution in [0.2, 0.25) is 5.02 Å². The Morgan fingerprint density at radius 2 is 2.27 bits per heavy atom. The van der Waals surface area contributed by atoms with Crippen LogP contribution in [0.3, 0.4) is 0 Å². The molecule has 1 N–H and O–H groups in total. The number of anilines is 1. The molecule has 2 heterocycles. The maximum absolute atomic E-state index is 6.04. The van der Waals surface area contributed by atoms with Crippen molar-refractivity contribution in [2.24, 2.45) is 0 Å². The second kappa shape index (κ2) is 3.62. The van der Waals surface area contributed by atoms with E-state index in [-0.39, 0.29) is 0 Å². The van der Waals surface area contributed by atoms with E-state index in [0.29, 0.717) is 10.8 Å². The average molecular weight is 226 g/mol. The first-order valence-corrected chi connectivity index (χ1v) is 4.95. The molecule has 15 heavy (non-hydrogen) atoms. The third-order valence-corrected chi connectivity index (χ3v) is 2.59. The molecule has 2 aromatic heterocycles. The molecule has 0 amide bonds. The molecule has 0 aliphatic rings. The van der Waals surface area contributed by atoms with E-state index in [2.05, 4.69) is 10.3 Å². The maximum Gasteiger partial charge on any atom is 0.142 e. The van der Waals surface area contributed by atoms with Crippen LogP contribution in [-0.4, -0.2) is 23.5 Å². The van der Waals surface area contributed by atoms with Gasteiger partial charge in [0.05, 0.1) is 17.8 Å². The Labute approximate surface area is 92.8 Å². The molecule has 0 aromatic carbocycles. The number of methoxy groups -OCH3 is 1. The van der Waals surface area contributed by atoms with Gasteiger partial charge in [-0.1, -0.05) is 11.6 Å². The monoisotopic (exact) mass is 225 g/mol. The molecule has 0 radical (unpaired) electrons. The quantitative estimate of drug-likeness (QED) is 0.853. The number of rotatable bonds is 2. The molecule has 2 aromatic rings. The van der Waals surface area contributed by atoms with Crippen LogP contribution in [0.25, 0.3) is 5.65 Å². The van der Waals surface area contributed by atoms with Crippen LogP contribution < -0.4 is 10.1 Å². The van der Waals surface area contributed by atoms with Crippen LogP contribution >= 0.6 is 11.6 Å². The number of ether oxygens (including phenoxy) is 1. The fourth-order valence-corrected chi connectivity index (χ4v) is 1.85. The molecule has 0 spiro atoms. The molecule has 0 bridgehead atoms. The van der Waals surface area contributed by atoms with Gasteiger partial charge in [0.1, 0.15) is 17.2 Å². The summed E-state index contributed by atoms with van der Waals surface area (Å²) in [5.41, 5.74) is 1.75. The summed E-state index contributed by atoms with van der Waals surface area (Å²) in [7, 11) is 3.45. The van der Waals surface area contributed by atoms with Gasteiger partial charge in [-0.3, -0.25) is 4.40 Å². The van der Waals surface area contributed by atoms with Gasteiger partial charge in [-0.25, -0.2) is 4.98 Å². The summed E-state index contributed by atoms with van der Waals surface area (Å²) in [5.74, 6) is 1.58. The number of nitrogens with zero attached hydrogens (tertiary/aromatic N) is 2. The van der Waals surface area contributed by atoms with E-state index in [1.54, 1.807) is 13.3 Å². The fraction of sp³-hybridized carbons (Fsp3) is 0.300. The summed E-state index contributed by atoms with van der Waals surface area (Å²) in [6.07, 6.45) is 1.79. The van der Waals surface area contributed by atoms with Crippen molar-refractivity contribution in [3.8, 4) is 5.75 Å². The molecule has 0 saturated heterocycles. The zero-order valence-electron chi connectivity index (χ0n) is 8.84. The van der Waals surface area contributed by atoms with Gasteiger partial charge in [0.2, 0.25) is 0 Å². The second-order valence-electron chi connectivity index (χ2n) is 3.21. The lowest BCUT2D eigenvalue weighted by Gasteiger charge is -2.05. The number of imidazole rings is 1. The molecule has 0 aliphatic carbocycles. The molecule has 0 saturated carbocycles. The number of aromatic nitrogens is 2. The van der Waals surface area contributed by atoms with Crippen molar-refractivity contribution in [1.29, 1.82) is 0 Å². The molecular formula is C10H12ClN3O. The first-order chi connectivity index (χ1) is 7.17. The van der Waals surface area contributed by atoms with E-state index < -0.39 is 0 Å². The van der Waals surface area contributed by atoms with E-state index in [4.69, 9.17) is 16.3 Å². The van der Waals surface area contributed by atoms with Crippen molar-refractivity contribution < 1.29 is 4.74 Å². The Hall–Kier alpha value is -1.42. The van der Waals surface area contributed by atoms with Gasteiger partial charge < -0.3 is 10.1 Å². The molecule has 0 unspecified atom stereocenters. The SMILES string of the molecule is CNc1c(C)nc2cc(OC)c(Cl)cn12. The van der Waals surface area contributed by atoms with E-state index >= 15 is 0 Å². The average Bonchev–Trinajstić information content (AvgIpc) is 2.51. The highest BCUT2D eigenvalue weighted by atomic mass is 35.5. The van der Waals surface area contributed by atoms with Gasteiger partial charge in [-0.2, -0.15) is 0 Å². The Morgan fingerprint density at radius 3 is 2.87 bits per heavy atom. The Morgan fingerprint density at radius 1 is 1.53 bits per heavy atom. The van der Waals surface area contributed by atoms with Gasteiger partial charge in [0, 0.05) is 19.3 Å². The standard InChI is InChI=1S/C10H12ClN3O/c1-6-10(12-2)14-5-7(11)8(15-3)4-9(14)13-6/h4-5,12H,1-3H3. The zero-order valence-corrected chi connectivity index (χ0v) is 9.59. The molecule has 0 fully saturated rings. The van der Waals surface area contributed by atoms with Crippen molar-refractivity contribution >= 4 is 23.1 Å². The van der Waals surface area contributed by atoms with Crippen LogP contribution in [0.5, 0.6) is 5.75 Å². The number of hydrogen-bond donors (Lipinski definition) is 1. The Bertz CT molecular complexity index is 507. The normalized spacial score (nSPS) is 10.7. The van der Waals surface area contributed by atoms with Crippen molar-refractivity contribution in [1.82, 2.24) is 9.38 Å². The van der Waals surface area contributed by atoms with Crippen molar-refractivity contribution in [2.45, 2.75) is 6.92 Å². The summed E-state index contributed by atoms with van der Waals surface area (Å²) in [5, 5.41) is 3.65. The van der Waals surface area contributed by atoms with E-state index in [0.717, 1.165) is 17.2 Å². The van der Waals surface area contributed by atoms with Gasteiger partial charge in [-0.05, 0) is 6.92 Å². The third kappa shape index (κ3) is 1.51. The molecule has 2 rings (SSSR count). The summed E-state index contributed by atoms with van der Waals surface area (Å²) < 4.78 is 7.03. The largest absolute Gasteiger partial charge is 0.495 e. The number of pyridine rings is 1. The highest BCUT2D eigenvalue weighted by Crippen LogP contribution is 2.28. The van der Waals surface area contributed by atoms with Crippen molar-refractivity contribution in [3.05, 3.63) is 23.0 Å². The van der Waals surface area contributed by atoms with Crippen LogP contribution in [0.4, 0.5) is 5.82 Å². The highest BCUT2D eigenvalue weighted by Gasteiger charge is 2.10. The van der Waals surface area contributed by atoms with Gasteiger partial charge in [-0.15, -0.1) is 0 Å². The van der Waals surface area contributed by atoms with E-state index in [9.17, 15) is 0 Å². The summed E-state index contributed by atoms with van der Waals surface area (Å²) in [6, 6.07) is 1.82. The molecule has 5 heteroatoms. The first-order valence-electron chi connectivity index (χ1n) is 4.57. The highest BCUT2D eigenvalue weighted by molar-refractivity contribution is 6.32. The van der Waals surface area contributed by atoms with Crippen molar-refractivity contribution in [2.75, 3.05) is 19.5 Å². The van der Waals surface area contributed by atoms with Gasteiger partial charge in [0.15, 0.2) is 0 Å². The number of halogens is 1. The lowest BCUT2D eigenvalue weighted by Crippen LogP contribution is -1.96. The number of fused-ring (bicyclic) bond motifs is 1. The van der Waals surface area contributed by atoms with Crippen molar-refractivity contribution in [3.63, 3.8) is 0 Å². The summed E-state index contributed by atoms with van der Waals surface area (Å²) in [4.78, 5) is 4.40. The smallest absolute Gasteiger partial charge is 0.142 e. The minimum Gasteiger partial charge on any atom is -0.495 e. The number of hydrogen-bond acceptors (Lipinski definition) is 3. The van der Waals surface area contributed by atoms with Gasteiger partial charge in [0.25, 0.3) is 0 Å². The minimum atomic E-state index is 0.568. The van der Waals surface area contributed by atoms with Gasteiger partial charge >= 0.3 is 0 Å². The lowest BCUT2D eigenvalue weighted by molar-refractivity contribution is 0.415. The van der Waals surface area contributed by atoms with E-state index in [1.165, 1.54) is 0 Å². The molecule has 4 nitrogen and oxygen atoms in total. The minimum absolute atomic E-state index is 0.568. The topological polar surface area (TPSA) is 38.6 Å². The third-order valence-electron chi connectivity index (χ3n) is 2.31. The predicted octanol–water partition coefficient (Wildman–Crippen LogP) is 2.35. The maximum atomic E-state index is 6.04. The van der Waals surface area contributed by atoms with E-state index in [1.807, 2.05) is 24.4 Å². The van der Waals surface area contributed by atoms with Crippen LogP contribution in [-0.2, 0) is 0 Å². The van der Waals surface area contributed by atoms with Crippen LogP contribution in [0.1, 0.15) is 5.69 Å². The molecule has 80 valence electrons. The molecule has 0 aliphatic heterocycles. The summed E-state index contributed by atoms with van der Waals surface area (Å²) in [6.45, 7) is 1.94. The predicted molar refractivity (Wildman–Crippen MR) is 61.0 cm³/mol. The lowest BCUT2D eigenvalue weighted by atomic mass is 10.4.